The number of hydrogen-bond donors (Lipinski definition) is 1. The summed E-state index contributed by atoms with van der Waals surface area (Å²) in [4.78, 5) is 11.0. The van der Waals surface area contributed by atoms with Gasteiger partial charge in [-0.05, 0) is 37.3 Å². The summed E-state index contributed by atoms with van der Waals surface area (Å²) in [6, 6.07) is 9.60. The predicted octanol–water partition coefficient (Wildman–Crippen LogP) is 4.67. The van der Waals surface area contributed by atoms with Gasteiger partial charge in [0.25, 0.3) is 0 Å². The minimum Gasteiger partial charge on any atom is -0.490 e. The van der Waals surface area contributed by atoms with Gasteiger partial charge in [0, 0.05) is 15.6 Å². The van der Waals surface area contributed by atoms with Gasteiger partial charge >= 0.3 is 5.97 Å². The molecule has 6 heteroatoms. The van der Waals surface area contributed by atoms with E-state index in [1.165, 1.54) is 12.1 Å². The van der Waals surface area contributed by atoms with Gasteiger partial charge in [-0.3, -0.25) is 0 Å². The molecular weight excluding hydrogens is 327 g/mol. The molecule has 0 saturated carbocycles. The molecule has 1 N–H and O–H groups in total. The summed E-state index contributed by atoms with van der Waals surface area (Å²) in [7, 11) is 0. The molecule has 0 spiro atoms. The van der Waals surface area contributed by atoms with Gasteiger partial charge in [-0.25, -0.2) is 4.79 Å². The quantitative estimate of drug-likeness (QED) is 0.830. The van der Waals surface area contributed by atoms with E-state index in [4.69, 9.17) is 37.8 Å². The van der Waals surface area contributed by atoms with E-state index in [1.807, 2.05) is 6.92 Å². The van der Waals surface area contributed by atoms with Gasteiger partial charge in [0.15, 0.2) is 11.5 Å². The standard InChI is InChI=1S/C16H14Cl2O4/c1-2-21-15-7-10(16(19)20)4-6-14(15)22-9-11-3-5-12(17)8-13(11)18/h3-8H,2,9H2,1H3,(H,19,20). The Morgan fingerprint density at radius 1 is 1.09 bits per heavy atom. The molecule has 0 aliphatic rings. The number of hydrogen-bond acceptors (Lipinski definition) is 3. The number of carboxylic acids is 1. The Labute approximate surface area is 138 Å². The lowest BCUT2D eigenvalue weighted by Crippen LogP contribution is -2.03. The molecule has 2 aromatic carbocycles. The fraction of sp³-hybridized carbons (Fsp3) is 0.188. The summed E-state index contributed by atoms with van der Waals surface area (Å²) in [6.07, 6.45) is 0. The van der Waals surface area contributed by atoms with E-state index in [0.29, 0.717) is 28.2 Å². The van der Waals surface area contributed by atoms with Crippen LogP contribution in [-0.4, -0.2) is 17.7 Å². The second-order valence-corrected chi connectivity index (χ2v) is 5.27. The Kier molecular flexibility index (Phi) is 5.52. The monoisotopic (exact) mass is 340 g/mol. The molecule has 0 amide bonds. The average molecular weight is 341 g/mol. The van der Waals surface area contributed by atoms with E-state index in [1.54, 1.807) is 24.3 Å². The van der Waals surface area contributed by atoms with Crippen LogP contribution in [0.15, 0.2) is 36.4 Å². The largest absolute Gasteiger partial charge is 0.490 e. The first-order valence-electron chi connectivity index (χ1n) is 6.58. The third-order valence-electron chi connectivity index (χ3n) is 2.89. The molecule has 0 saturated heterocycles. The second kappa shape index (κ2) is 7.38. The van der Waals surface area contributed by atoms with Crippen molar-refractivity contribution in [1.29, 1.82) is 0 Å². The van der Waals surface area contributed by atoms with Crippen molar-refractivity contribution in [3.63, 3.8) is 0 Å². The minimum absolute atomic E-state index is 0.139. The maximum absolute atomic E-state index is 11.0. The smallest absolute Gasteiger partial charge is 0.335 e. The summed E-state index contributed by atoms with van der Waals surface area (Å²) in [5.74, 6) is -0.182. The van der Waals surface area contributed by atoms with Crippen molar-refractivity contribution >= 4 is 29.2 Å². The molecule has 22 heavy (non-hydrogen) atoms. The van der Waals surface area contributed by atoms with Crippen LogP contribution in [0.3, 0.4) is 0 Å². The molecule has 116 valence electrons. The molecule has 2 aromatic rings. The van der Waals surface area contributed by atoms with Crippen LogP contribution in [0.1, 0.15) is 22.8 Å². The van der Waals surface area contributed by atoms with Crippen LogP contribution < -0.4 is 9.47 Å². The van der Waals surface area contributed by atoms with Crippen molar-refractivity contribution in [2.45, 2.75) is 13.5 Å². The zero-order valence-corrected chi connectivity index (χ0v) is 13.3. The van der Waals surface area contributed by atoms with Gasteiger partial charge in [-0.15, -0.1) is 0 Å². The third kappa shape index (κ3) is 4.06. The lowest BCUT2D eigenvalue weighted by atomic mass is 10.2. The number of aromatic carboxylic acids is 1. The second-order valence-electron chi connectivity index (χ2n) is 4.42. The molecule has 0 aliphatic carbocycles. The molecule has 0 atom stereocenters. The summed E-state index contributed by atoms with van der Waals surface area (Å²) in [5, 5.41) is 10.1. The van der Waals surface area contributed by atoms with Gasteiger partial charge in [0.1, 0.15) is 6.61 Å². The highest BCUT2D eigenvalue weighted by molar-refractivity contribution is 6.35. The van der Waals surface area contributed by atoms with Crippen LogP contribution in [0.2, 0.25) is 10.0 Å². The first-order chi connectivity index (χ1) is 10.5. The van der Waals surface area contributed by atoms with Gasteiger partial charge in [0.2, 0.25) is 0 Å². The highest BCUT2D eigenvalue weighted by Gasteiger charge is 2.11. The van der Waals surface area contributed by atoms with Crippen molar-refractivity contribution in [3.8, 4) is 11.5 Å². The normalized spacial score (nSPS) is 10.3. The maximum atomic E-state index is 11.0. The van der Waals surface area contributed by atoms with E-state index in [2.05, 4.69) is 0 Å². The van der Waals surface area contributed by atoms with Crippen molar-refractivity contribution in [3.05, 3.63) is 57.6 Å². The molecule has 0 heterocycles. The van der Waals surface area contributed by atoms with E-state index < -0.39 is 5.97 Å². The first kappa shape index (κ1) is 16.5. The van der Waals surface area contributed by atoms with Crippen LogP contribution in [0.25, 0.3) is 0 Å². The van der Waals surface area contributed by atoms with E-state index in [-0.39, 0.29) is 12.2 Å². The number of rotatable bonds is 6. The number of carbonyl (C=O) groups is 1. The van der Waals surface area contributed by atoms with Crippen molar-refractivity contribution in [2.75, 3.05) is 6.61 Å². The van der Waals surface area contributed by atoms with Crippen LogP contribution in [0.5, 0.6) is 11.5 Å². The lowest BCUT2D eigenvalue weighted by Gasteiger charge is -2.13. The molecular formula is C16H14Cl2O4. The van der Waals surface area contributed by atoms with Gasteiger partial charge in [-0.2, -0.15) is 0 Å². The Morgan fingerprint density at radius 3 is 2.50 bits per heavy atom. The predicted molar refractivity (Wildman–Crippen MR) is 85.4 cm³/mol. The summed E-state index contributed by atoms with van der Waals surface area (Å²) >= 11 is 11.9. The first-order valence-corrected chi connectivity index (χ1v) is 7.33. The molecule has 0 unspecified atom stereocenters. The van der Waals surface area contributed by atoms with Crippen molar-refractivity contribution in [1.82, 2.24) is 0 Å². The van der Waals surface area contributed by atoms with Gasteiger partial charge in [0.05, 0.1) is 12.2 Å². The Hall–Kier alpha value is -1.91. The minimum atomic E-state index is -1.02. The van der Waals surface area contributed by atoms with Crippen LogP contribution in [0.4, 0.5) is 0 Å². The van der Waals surface area contributed by atoms with E-state index in [0.717, 1.165) is 5.56 Å². The fourth-order valence-corrected chi connectivity index (χ4v) is 2.29. The Bertz CT molecular complexity index is 686. The number of halogens is 2. The topological polar surface area (TPSA) is 55.8 Å². The molecule has 0 fully saturated rings. The molecule has 2 rings (SSSR count). The van der Waals surface area contributed by atoms with Crippen molar-refractivity contribution in [2.24, 2.45) is 0 Å². The molecule has 4 nitrogen and oxygen atoms in total. The zero-order valence-electron chi connectivity index (χ0n) is 11.8. The highest BCUT2D eigenvalue weighted by atomic mass is 35.5. The van der Waals surface area contributed by atoms with Crippen LogP contribution >= 0.6 is 23.2 Å². The van der Waals surface area contributed by atoms with Crippen molar-refractivity contribution < 1.29 is 19.4 Å². The highest BCUT2D eigenvalue weighted by Crippen LogP contribution is 2.30. The van der Waals surface area contributed by atoms with Gasteiger partial charge in [-0.1, -0.05) is 29.3 Å². The zero-order chi connectivity index (χ0) is 16.1. The van der Waals surface area contributed by atoms with E-state index >= 15 is 0 Å². The summed E-state index contributed by atoms with van der Waals surface area (Å²) in [6.45, 7) is 2.44. The molecule has 0 bridgehead atoms. The van der Waals surface area contributed by atoms with E-state index in [9.17, 15) is 4.79 Å². The molecule has 0 aliphatic heterocycles. The Morgan fingerprint density at radius 2 is 1.86 bits per heavy atom. The summed E-state index contributed by atoms with van der Waals surface area (Å²) < 4.78 is 11.1. The average Bonchev–Trinajstić information content (AvgIpc) is 2.47. The van der Waals surface area contributed by atoms with Gasteiger partial charge < -0.3 is 14.6 Å². The fourth-order valence-electron chi connectivity index (χ4n) is 1.82. The SMILES string of the molecule is CCOc1cc(C(=O)O)ccc1OCc1ccc(Cl)cc1Cl. The molecule has 0 aromatic heterocycles. The van der Waals surface area contributed by atoms with Crippen LogP contribution in [-0.2, 0) is 6.61 Å². The maximum Gasteiger partial charge on any atom is 0.335 e. The lowest BCUT2D eigenvalue weighted by molar-refractivity contribution is 0.0696. The number of carboxylic acid groups (broad SMARTS) is 1. The van der Waals surface area contributed by atoms with Crippen LogP contribution in [0, 0.1) is 0 Å². The number of benzene rings is 2. The summed E-state index contributed by atoms with van der Waals surface area (Å²) in [5.41, 5.74) is 0.913. The Balaban J connectivity index is 2.19. The number of ether oxygens (including phenoxy) is 2. The molecule has 0 radical (unpaired) electrons. The third-order valence-corrected chi connectivity index (χ3v) is 3.48.